The van der Waals surface area contributed by atoms with Gasteiger partial charge < -0.3 is 0 Å². The molecule has 2 radical (unpaired) electrons. The standard InChI is InChI=1S/C10H13BS/c1-10(2,3)12-9-6-4-8(11)5-7-9/h4-7H,1-3H3. The summed E-state index contributed by atoms with van der Waals surface area (Å²) in [7, 11) is 5.58. The van der Waals surface area contributed by atoms with Crippen LogP contribution in [0.1, 0.15) is 20.8 Å². The van der Waals surface area contributed by atoms with Crippen LogP contribution >= 0.6 is 11.8 Å². The lowest BCUT2D eigenvalue weighted by molar-refractivity contribution is 0.803. The van der Waals surface area contributed by atoms with Crippen LogP contribution in [0.25, 0.3) is 0 Å². The summed E-state index contributed by atoms with van der Waals surface area (Å²) >= 11 is 1.85. The van der Waals surface area contributed by atoms with Crippen molar-refractivity contribution in [2.45, 2.75) is 30.4 Å². The van der Waals surface area contributed by atoms with Gasteiger partial charge in [0.15, 0.2) is 0 Å². The topological polar surface area (TPSA) is 0 Å². The van der Waals surface area contributed by atoms with E-state index in [1.54, 1.807) is 0 Å². The molecule has 0 bridgehead atoms. The molecule has 0 spiro atoms. The molecule has 1 rings (SSSR count). The van der Waals surface area contributed by atoms with Crippen LogP contribution < -0.4 is 5.46 Å². The second-order valence-electron chi connectivity index (χ2n) is 3.78. The molecular weight excluding hydrogens is 163 g/mol. The lowest BCUT2D eigenvalue weighted by Gasteiger charge is -2.17. The average molecular weight is 176 g/mol. The van der Waals surface area contributed by atoms with Gasteiger partial charge in [-0.25, -0.2) is 0 Å². The molecular formula is C10H13BS. The first kappa shape index (κ1) is 9.72. The fraction of sp³-hybridized carbons (Fsp3) is 0.400. The Hall–Kier alpha value is -0.365. The molecule has 12 heavy (non-hydrogen) atoms. The molecule has 2 heteroatoms. The van der Waals surface area contributed by atoms with Gasteiger partial charge in [-0.15, -0.1) is 11.8 Å². The van der Waals surface area contributed by atoms with E-state index >= 15 is 0 Å². The Kier molecular flexibility index (Phi) is 2.89. The van der Waals surface area contributed by atoms with E-state index in [2.05, 4.69) is 32.9 Å². The molecule has 0 aliphatic rings. The molecule has 0 amide bonds. The third-order valence-electron chi connectivity index (χ3n) is 1.30. The van der Waals surface area contributed by atoms with E-state index in [1.807, 2.05) is 23.9 Å². The third kappa shape index (κ3) is 3.35. The second kappa shape index (κ2) is 3.57. The van der Waals surface area contributed by atoms with Gasteiger partial charge in [0.25, 0.3) is 0 Å². The predicted octanol–water partition coefficient (Wildman–Crippen LogP) is 2.37. The van der Waals surface area contributed by atoms with E-state index in [0.717, 1.165) is 5.46 Å². The maximum absolute atomic E-state index is 5.58. The van der Waals surface area contributed by atoms with Gasteiger partial charge >= 0.3 is 0 Å². The molecule has 62 valence electrons. The van der Waals surface area contributed by atoms with E-state index in [9.17, 15) is 0 Å². The highest BCUT2D eigenvalue weighted by Crippen LogP contribution is 2.30. The van der Waals surface area contributed by atoms with Crippen molar-refractivity contribution in [1.82, 2.24) is 0 Å². The van der Waals surface area contributed by atoms with Gasteiger partial charge in [-0.3, -0.25) is 0 Å². The van der Waals surface area contributed by atoms with Crippen LogP contribution in [-0.4, -0.2) is 12.6 Å². The van der Waals surface area contributed by atoms with Crippen LogP contribution in [0, 0.1) is 0 Å². The third-order valence-corrected chi connectivity index (χ3v) is 2.42. The number of hydrogen-bond donors (Lipinski definition) is 0. The highest BCUT2D eigenvalue weighted by Gasteiger charge is 2.10. The minimum atomic E-state index is 0.274. The zero-order valence-electron chi connectivity index (χ0n) is 7.79. The number of rotatable bonds is 1. The Balaban J connectivity index is 2.71. The number of benzene rings is 1. The maximum Gasteiger partial charge on any atom is 0.113 e. The van der Waals surface area contributed by atoms with Crippen molar-refractivity contribution in [3.05, 3.63) is 24.3 Å². The maximum atomic E-state index is 5.58. The van der Waals surface area contributed by atoms with Gasteiger partial charge in [0.05, 0.1) is 0 Å². The molecule has 0 saturated heterocycles. The molecule has 0 aromatic heterocycles. The Morgan fingerprint density at radius 1 is 1.08 bits per heavy atom. The molecule has 0 heterocycles. The molecule has 0 fully saturated rings. The highest BCUT2D eigenvalue weighted by molar-refractivity contribution is 8.00. The van der Waals surface area contributed by atoms with Crippen LogP contribution in [0.2, 0.25) is 0 Å². The van der Waals surface area contributed by atoms with Gasteiger partial charge in [0.2, 0.25) is 0 Å². The fourth-order valence-corrected chi connectivity index (χ4v) is 1.87. The summed E-state index contributed by atoms with van der Waals surface area (Å²) in [4.78, 5) is 1.27. The van der Waals surface area contributed by atoms with Gasteiger partial charge in [-0.1, -0.05) is 38.4 Å². The summed E-state index contributed by atoms with van der Waals surface area (Å²) in [6, 6.07) is 8.00. The first-order chi connectivity index (χ1) is 5.47. The SMILES string of the molecule is [B]c1ccc(SC(C)(C)C)cc1. The zero-order valence-corrected chi connectivity index (χ0v) is 8.61. The summed E-state index contributed by atoms with van der Waals surface area (Å²) in [6.07, 6.45) is 0. The fourth-order valence-electron chi connectivity index (χ4n) is 0.889. The van der Waals surface area contributed by atoms with E-state index in [-0.39, 0.29) is 4.75 Å². The molecule has 0 unspecified atom stereocenters. The Morgan fingerprint density at radius 3 is 2.00 bits per heavy atom. The first-order valence-corrected chi connectivity index (χ1v) is 4.83. The molecule has 0 atom stereocenters. The summed E-state index contributed by atoms with van der Waals surface area (Å²) in [5.74, 6) is 0. The van der Waals surface area contributed by atoms with E-state index in [1.165, 1.54) is 4.90 Å². The summed E-state index contributed by atoms with van der Waals surface area (Å²) < 4.78 is 0.274. The largest absolute Gasteiger partial charge is 0.120 e. The summed E-state index contributed by atoms with van der Waals surface area (Å²) in [5, 5.41) is 0. The normalized spacial score (nSPS) is 11.6. The molecule has 1 aromatic rings. The minimum absolute atomic E-state index is 0.274. The molecule has 0 aliphatic heterocycles. The number of thioether (sulfide) groups is 1. The Morgan fingerprint density at radius 2 is 1.58 bits per heavy atom. The zero-order chi connectivity index (χ0) is 9.19. The van der Waals surface area contributed by atoms with Gasteiger partial charge in [-0.2, -0.15) is 0 Å². The van der Waals surface area contributed by atoms with Gasteiger partial charge in [0.1, 0.15) is 7.85 Å². The summed E-state index contributed by atoms with van der Waals surface area (Å²) in [6.45, 7) is 6.61. The second-order valence-corrected chi connectivity index (χ2v) is 5.68. The smallest absolute Gasteiger partial charge is 0.113 e. The Labute approximate surface area is 80.2 Å². The van der Waals surface area contributed by atoms with E-state index in [4.69, 9.17) is 7.85 Å². The van der Waals surface area contributed by atoms with Crippen molar-refractivity contribution in [3.8, 4) is 0 Å². The molecule has 0 nitrogen and oxygen atoms in total. The molecule has 0 N–H and O–H groups in total. The highest BCUT2D eigenvalue weighted by atomic mass is 32.2. The summed E-state index contributed by atoms with van der Waals surface area (Å²) in [5.41, 5.74) is 0.827. The van der Waals surface area contributed by atoms with Crippen molar-refractivity contribution in [1.29, 1.82) is 0 Å². The monoisotopic (exact) mass is 176 g/mol. The van der Waals surface area contributed by atoms with Crippen molar-refractivity contribution >= 4 is 25.1 Å². The average Bonchev–Trinajstić information content (AvgIpc) is 1.91. The molecule has 0 aliphatic carbocycles. The lowest BCUT2D eigenvalue weighted by Crippen LogP contribution is -2.07. The van der Waals surface area contributed by atoms with Crippen molar-refractivity contribution in [3.63, 3.8) is 0 Å². The van der Waals surface area contributed by atoms with E-state index < -0.39 is 0 Å². The van der Waals surface area contributed by atoms with Crippen LogP contribution in [0.15, 0.2) is 29.2 Å². The predicted molar refractivity (Wildman–Crippen MR) is 57.4 cm³/mol. The quantitative estimate of drug-likeness (QED) is 0.467. The van der Waals surface area contributed by atoms with Crippen LogP contribution in [0.5, 0.6) is 0 Å². The number of hydrogen-bond acceptors (Lipinski definition) is 1. The Bertz CT molecular complexity index is 246. The lowest BCUT2D eigenvalue weighted by atomic mass is 9.97. The van der Waals surface area contributed by atoms with Crippen LogP contribution in [-0.2, 0) is 0 Å². The first-order valence-electron chi connectivity index (χ1n) is 4.02. The van der Waals surface area contributed by atoms with Gasteiger partial charge in [-0.05, 0) is 12.1 Å². The van der Waals surface area contributed by atoms with Crippen molar-refractivity contribution in [2.24, 2.45) is 0 Å². The minimum Gasteiger partial charge on any atom is -0.120 e. The van der Waals surface area contributed by atoms with Gasteiger partial charge in [0, 0.05) is 9.64 Å². The van der Waals surface area contributed by atoms with E-state index in [0.29, 0.717) is 0 Å². The molecule has 0 saturated carbocycles. The van der Waals surface area contributed by atoms with Crippen LogP contribution in [0.4, 0.5) is 0 Å². The van der Waals surface area contributed by atoms with Crippen LogP contribution in [0.3, 0.4) is 0 Å². The van der Waals surface area contributed by atoms with Crippen molar-refractivity contribution in [2.75, 3.05) is 0 Å². The molecule has 1 aromatic carbocycles. The van der Waals surface area contributed by atoms with Crippen molar-refractivity contribution < 1.29 is 0 Å².